The predicted octanol–water partition coefficient (Wildman–Crippen LogP) is 5.37. The molecule has 0 aromatic heterocycles. The smallest absolute Gasteiger partial charge is 0.249 e. The first-order chi connectivity index (χ1) is 14.4. The fourth-order valence-corrected chi connectivity index (χ4v) is 5.78. The number of likely N-dealkylation sites (tertiary alicyclic amines) is 1. The highest BCUT2D eigenvalue weighted by Crippen LogP contribution is 2.45. The Morgan fingerprint density at radius 2 is 1.77 bits per heavy atom. The van der Waals surface area contributed by atoms with Gasteiger partial charge in [-0.3, -0.25) is 9.59 Å². The maximum Gasteiger partial charge on any atom is 0.249 e. The summed E-state index contributed by atoms with van der Waals surface area (Å²) in [5.41, 5.74) is 4.43. The lowest BCUT2D eigenvalue weighted by atomic mass is 9.85. The minimum absolute atomic E-state index is 0.145. The average Bonchev–Trinajstić information content (AvgIpc) is 2.94. The number of Topliss-reactive ketones (excluding diaryl/α,β-unsaturated/α-hetero) is 1. The van der Waals surface area contributed by atoms with Gasteiger partial charge in [-0.2, -0.15) is 0 Å². The number of fused-ring (bicyclic) bond motifs is 1. The molecule has 0 unspecified atom stereocenters. The number of piperidine rings is 1. The molecule has 1 aliphatic heterocycles. The van der Waals surface area contributed by atoms with Crippen LogP contribution >= 0.6 is 0 Å². The monoisotopic (exact) mass is 405 g/mol. The van der Waals surface area contributed by atoms with Crippen molar-refractivity contribution in [3.63, 3.8) is 0 Å². The Balaban J connectivity index is 1.36. The van der Waals surface area contributed by atoms with E-state index in [1.807, 2.05) is 11.8 Å². The van der Waals surface area contributed by atoms with E-state index in [0.717, 1.165) is 62.8 Å². The molecule has 2 fully saturated rings. The summed E-state index contributed by atoms with van der Waals surface area (Å²) in [6.07, 6.45) is 6.84. The zero-order valence-electron chi connectivity index (χ0n) is 18.5. The van der Waals surface area contributed by atoms with Crippen LogP contribution in [0.1, 0.15) is 57.9 Å². The van der Waals surface area contributed by atoms with Gasteiger partial charge in [-0.1, -0.05) is 49.4 Å². The summed E-state index contributed by atoms with van der Waals surface area (Å²) in [7, 11) is 0. The quantitative estimate of drug-likeness (QED) is 0.632. The zero-order valence-corrected chi connectivity index (χ0v) is 18.5. The molecule has 0 radical (unpaired) electrons. The number of hydrogen-bond acceptors (Lipinski definition) is 2. The third kappa shape index (κ3) is 4.31. The van der Waals surface area contributed by atoms with Gasteiger partial charge < -0.3 is 4.90 Å². The fraction of sp³-hybridized carbons (Fsp3) is 0.556. The predicted molar refractivity (Wildman–Crippen MR) is 121 cm³/mol. The Morgan fingerprint density at radius 1 is 1.07 bits per heavy atom. The molecule has 3 heteroatoms. The van der Waals surface area contributed by atoms with Crippen LogP contribution in [-0.2, 0) is 16.0 Å². The number of rotatable bonds is 4. The van der Waals surface area contributed by atoms with Crippen molar-refractivity contribution < 1.29 is 9.59 Å². The number of amides is 1. The molecule has 1 aromatic rings. The molecular weight excluding hydrogens is 370 g/mol. The van der Waals surface area contributed by atoms with Crippen molar-refractivity contribution in [2.75, 3.05) is 13.1 Å². The number of benzene rings is 1. The first-order valence-corrected chi connectivity index (χ1v) is 11.7. The Labute approximate surface area is 181 Å². The lowest BCUT2D eigenvalue weighted by molar-refractivity contribution is -0.129. The SMILES string of the molecule is C=C(C(=O)N1CCC(Cc2ccccc2)CC1)[C@@H]1CC[C@H](C)[C@@H]2CC(=O)C(C)=C2C1. The van der Waals surface area contributed by atoms with Crippen LogP contribution in [0.25, 0.3) is 0 Å². The third-order valence-corrected chi connectivity index (χ3v) is 7.91. The summed E-state index contributed by atoms with van der Waals surface area (Å²) in [5, 5.41) is 0. The molecule has 3 aliphatic rings. The van der Waals surface area contributed by atoms with E-state index in [0.29, 0.717) is 30.0 Å². The lowest BCUT2D eigenvalue weighted by Gasteiger charge is -2.34. The van der Waals surface area contributed by atoms with Gasteiger partial charge in [0.2, 0.25) is 5.91 Å². The minimum atomic E-state index is 0.145. The van der Waals surface area contributed by atoms with E-state index in [1.54, 1.807) is 0 Å². The highest BCUT2D eigenvalue weighted by Gasteiger charge is 2.38. The van der Waals surface area contributed by atoms with Crippen LogP contribution in [0.2, 0.25) is 0 Å². The van der Waals surface area contributed by atoms with Crippen molar-refractivity contribution in [2.45, 2.75) is 58.8 Å². The van der Waals surface area contributed by atoms with Gasteiger partial charge in [0.1, 0.15) is 0 Å². The van der Waals surface area contributed by atoms with Crippen molar-refractivity contribution in [2.24, 2.45) is 23.7 Å². The number of hydrogen-bond donors (Lipinski definition) is 0. The highest BCUT2D eigenvalue weighted by atomic mass is 16.2. The summed E-state index contributed by atoms with van der Waals surface area (Å²) in [6.45, 7) is 10.2. The van der Waals surface area contributed by atoms with E-state index in [4.69, 9.17) is 0 Å². The van der Waals surface area contributed by atoms with Gasteiger partial charge >= 0.3 is 0 Å². The molecule has 4 rings (SSSR count). The number of allylic oxidation sites excluding steroid dienone is 2. The molecule has 3 atom stereocenters. The average molecular weight is 406 g/mol. The molecule has 0 N–H and O–H groups in total. The van der Waals surface area contributed by atoms with Gasteiger partial charge in [-0.05, 0) is 80.3 Å². The Morgan fingerprint density at radius 3 is 2.47 bits per heavy atom. The molecule has 3 nitrogen and oxygen atoms in total. The van der Waals surface area contributed by atoms with Gasteiger partial charge in [-0.15, -0.1) is 0 Å². The Bertz CT molecular complexity index is 845. The first kappa shape index (κ1) is 21.1. The van der Waals surface area contributed by atoms with E-state index in [-0.39, 0.29) is 11.8 Å². The molecule has 160 valence electrons. The molecule has 30 heavy (non-hydrogen) atoms. The maximum atomic E-state index is 13.2. The van der Waals surface area contributed by atoms with Crippen LogP contribution < -0.4 is 0 Å². The van der Waals surface area contributed by atoms with Gasteiger partial charge in [0, 0.05) is 25.1 Å². The van der Waals surface area contributed by atoms with Crippen molar-refractivity contribution >= 4 is 11.7 Å². The van der Waals surface area contributed by atoms with E-state index >= 15 is 0 Å². The van der Waals surface area contributed by atoms with Gasteiger partial charge in [-0.25, -0.2) is 0 Å². The standard InChI is InChI=1S/C27H35NO2/c1-18-9-10-23(16-25-20(3)26(29)17-24(18)25)19(2)27(30)28-13-11-22(12-14-28)15-21-7-5-4-6-8-21/h4-8,18,22-24H,2,9-17H2,1,3H3/t18-,23+,24-/m0/s1. The summed E-state index contributed by atoms with van der Waals surface area (Å²) in [6, 6.07) is 10.7. The zero-order chi connectivity index (χ0) is 21.3. The topological polar surface area (TPSA) is 37.4 Å². The molecule has 0 spiro atoms. The molecule has 1 saturated heterocycles. The number of carbonyl (C=O) groups is 2. The van der Waals surface area contributed by atoms with E-state index in [1.165, 1.54) is 11.1 Å². The van der Waals surface area contributed by atoms with Crippen LogP contribution in [0.3, 0.4) is 0 Å². The second kappa shape index (κ2) is 8.91. The lowest BCUT2D eigenvalue weighted by Crippen LogP contribution is -2.40. The summed E-state index contributed by atoms with van der Waals surface area (Å²) < 4.78 is 0. The third-order valence-electron chi connectivity index (χ3n) is 7.91. The minimum Gasteiger partial charge on any atom is -0.339 e. The fourth-order valence-electron chi connectivity index (χ4n) is 5.78. The van der Waals surface area contributed by atoms with Gasteiger partial charge in [0.05, 0.1) is 0 Å². The van der Waals surface area contributed by atoms with Crippen LogP contribution in [0.4, 0.5) is 0 Å². The van der Waals surface area contributed by atoms with Gasteiger partial charge in [0.15, 0.2) is 5.78 Å². The van der Waals surface area contributed by atoms with E-state index < -0.39 is 0 Å². The molecule has 2 aliphatic carbocycles. The molecular formula is C27H35NO2. The molecule has 1 saturated carbocycles. The van der Waals surface area contributed by atoms with Crippen molar-refractivity contribution in [3.05, 3.63) is 59.2 Å². The van der Waals surface area contributed by atoms with Crippen molar-refractivity contribution in [3.8, 4) is 0 Å². The summed E-state index contributed by atoms with van der Waals surface area (Å²) in [4.78, 5) is 27.5. The normalized spacial score (nSPS) is 27.7. The first-order valence-electron chi connectivity index (χ1n) is 11.7. The Hall–Kier alpha value is -2.16. The molecule has 1 amide bonds. The van der Waals surface area contributed by atoms with Crippen molar-refractivity contribution in [1.82, 2.24) is 4.90 Å². The van der Waals surface area contributed by atoms with Crippen LogP contribution in [-0.4, -0.2) is 29.7 Å². The van der Waals surface area contributed by atoms with Gasteiger partial charge in [0.25, 0.3) is 0 Å². The van der Waals surface area contributed by atoms with E-state index in [2.05, 4.69) is 43.8 Å². The summed E-state index contributed by atoms with van der Waals surface area (Å²) in [5.74, 6) is 2.19. The highest BCUT2D eigenvalue weighted by molar-refractivity contribution is 5.99. The number of carbonyl (C=O) groups excluding carboxylic acids is 2. The number of nitrogens with zero attached hydrogens (tertiary/aromatic N) is 1. The second-order valence-corrected chi connectivity index (χ2v) is 9.79. The largest absolute Gasteiger partial charge is 0.339 e. The van der Waals surface area contributed by atoms with E-state index in [9.17, 15) is 9.59 Å². The summed E-state index contributed by atoms with van der Waals surface area (Å²) >= 11 is 0. The van der Waals surface area contributed by atoms with Crippen LogP contribution in [0, 0.1) is 23.7 Å². The Kier molecular flexibility index (Phi) is 6.26. The molecule has 0 bridgehead atoms. The second-order valence-electron chi connectivity index (χ2n) is 9.79. The van der Waals surface area contributed by atoms with Crippen LogP contribution in [0.5, 0.6) is 0 Å². The molecule has 1 heterocycles. The van der Waals surface area contributed by atoms with Crippen LogP contribution in [0.15, 0.2) is 53.6 Å². The van der Waals surface area contributed by atoms with Crippen molar-refractivity contribution in [1.29, 1.82) is 0 Å². The maximum absolute atomic E-state index is 13.2. The molecule has 1 aromatic carbocycles. The number of ketones is 1.